The maximum atomic E-state index is 11.8. The van der Waals surface area contributed by atoms with E-state index in [0.717, 1.165) is 0 Å². The minimum Gasteiger partial charge on any atom is -0.508 e. The van der Waals surface area contributed by atoms with Gasteiger partial charge in [-0.05, 0) is 25.0 Å². The number of hydrogen-bond donors (Lipinski definition) is 2. The Hall–Kier alpha value is -1.51. The van der Waals surface area contributed by atoms with Crippen molar-refractivity contribution in [1.82, 2.24) is 0 Å². The Labute approximate surface area is 96.5 Å². The van der Waals surface area contributed by atoms with E-state index in [9.17, 15) is 9.90 Å². The molecule has 0 saturated carbocycles. The average molecular weight is 221 g/mol. The quantitative estimate of drug-likeness (QED) is 0.824. The van der Waals surface area contributed by atoms with Crippen LogP contribution in [0.2, 0.25) is 0 Å². The zero-order valence-electron chi connectivity index (χ0n) is 10.2. The first-order valence-corrected chi connectivity index (χ1v) is 5.53. The van der Waals surface area contributed by atoms with Crippen molar-refractivity contribution in [2.45, 2.75) is 27.7 Å². The van der Waals surface area contributed by atoms with Gasteiger partial charge in [0, 0.05) is 17.2 Å². The van der Waals surface area contributed by atoms with E-state index in [2.05, 4.69) is 5.32 Å². The first-order valence-electron chi connectivity index (χ1n) is 5.53. The summed E-state index contributed by atoms with van der Waals surface area (Å²) < 4.78 is 0. The molecule has 2 N–H and O–H groups in total. The second-order valence-electron chi connectivity index (χ2n) is 4.47. The van der Waals surface area contributed by atoms with Crippen LogP contribution in [0.5, 0.6) is 5.75 Å². The highest BCUT2D eigenvalue weighted by Crippen LogP contribution is 2.24. The Morgan fingerprint density at radius 2 is 1.94 bits per heavy atom. The van der Waals surface area contributed by atoms with Gasteiger partial charge in [0.15, 0.2) is 0 Å². The number of phenols is 1. The van der Waals surface area contributed by atoms with Crippen LogP contribution in [0.25, 0.3) is 0 Å². The van der Waals surface area contributed by atoms with Gasteiger partial charge in [-0.25, -0.2) is 0 Å². The molecule has 0 aliphatic carbocycles. The Morgan fingerprint density at radius 1 is 1.31 bits per heavy atom. The van der Waals surface area contributed by atoms with Crippen LogP contribution >= 0.6 is 0 Å². The normalized spacial score (nSPS) is 12.6. The highest BCUT2D eigenvalue weighted by Gasteiger charge is 2.17. The number of benzene rings is 1. The number of carbonyl (C=O) groups is 1. The molecule has 0 bridgehead atoms. The lowest BCUT2D eigenvalue weighted by Crippen LogP contribution is -2.24. The topological polar surface area (TPSA) is 49.3 Å². The smallest absolute Gasteiger partial charge is 0.227 e. The average Bonchev–Trinajstić information content (AvgIpc) is 2.23. The van der Waals surface area contributed by atoms with Gasteiger partial charge in [-0.2, -0.15) is 0 Å². The van der Waals surface area contributed by atoms with Crippen molar-refractivity contribution < 1.29 is 9.90 Å². The molecule has 0 spiro atoms. The first kappa shape index (κ1) is 12.6. The summed E-state index contributed by atoms with van der Waals surface area (Å²) >= 11 is 0. The van der Waals surface area contributed by atoms with Crippen molar-refractivity contribution in [3.05, 3.63) is 23.8 Å². The number of phenolic OH excluding ortho intramolecular Hbond substituents is 1. The van der Waals surface area contributed by atoms with Crippen LogP contribution in [-0.2, 0) is 4.79 Å². The second kappa shape index (κ2) is 5.01. The molecule has 16 heavy (non-hydrogen) atoms. The Kier molecular flexibility index (Phi) is 3.93. The minimum atomic E-state index is -0.0400. The van der Waals surface area contributed by atoms with Crippen LogP contribution in [0.15, 0.2) is 18.2 Å². The Morgan fingerprint density at radius 3 is 2.50 bits per heavy atom. The zero-order chi connectivity index (χ0) is 12.3. The monoisotopic (exact) mass is 221 g/mol. The van der Waals surface area contributed by atoms with Gasteiger partial charge in [-0.1, -0.05) is 26.8 Å². The fourth-order valence-electron chi connectivity index (χ4n) is 1.31. The van der Waals surface area contributed by atoms with Crippen LogP contribution in [0.4, 0.5) is 5.69 Å². The van der Waals surface area contributed by atoms with E-state index < -0.39 is 0 Å². The summed E-state index contributed by atoms with van der Waals surface area (Å²) in [7, 11) is 0. The van der Waals surface area contributed by atoms with Gasteiger partial charge in [-0.15, -0.1) is 0 Å². The van der Waals surface area contributed by atoms with Crippen LogP contribution in [0, 0.1) is 18.8 Å². The van der Waals surface area contributed by atoms with Gasteiger partial charge in [0.1, 0.15) is 5.75 Å². The van der Waals surface area contributed by atoms with E-state index >= 15 is 0 Å². The summed E-state index contributed by atoms with van der Waals surface area (Å²) in [5, 5.41) is 12.3. The predicted molar refractivity (Wildman–Crippen MR) is 65.5 cm³/mol. The van der Waals surface area contributed by atoms with Crippen molar-refractivity contribution in [2.75, 3.05) is 5.32 Å². The van der Waals surface area contributed by atoms with Crippen LogP contribution in [0.1, 0.15) is 26.3 Å². The molecule has 1 aromatic carbocycles. The number of amides is 1. The molecule has 1 atom stereocenters. The molecule has 0 heterocycles. The molecule has 1 rings (SSSR count). The SMILES string of the molecule is Cc1c(O)cccc1NC(=O)C(C)C(C)C. The lowest BCUT2D eigenvalue weighted by atomic mass is 9.97. The Bertz CT molecular complexity index is 386. The van der Waals surface area contributed by atoms with Gasteiger partial charge in [-0.3, -0.25) is 4.79 Å². The summed E-state index contributed by atoms with van der Waals surface area (Å²) in [5.74, 6) is 0.457. The molecule has 88 valence electrons. The highest BCUT2D eigenvalue weighted by atomic mass is 16.3. The van der Waals surface area contributed by atoms with Gasteiger partial charge in [0.05, 0.1) is 0 Å². The van der Waals surface area contributed by atoms with Gasteiger partial charge in [0.2, 0.25) is 5.91 Å². The Balaban J connectivity index is 2.81. The van der Waals surface area contributed by atoms with E-state index in [0.29, 0.717) is 17.2 Å². The lowest BCUT2D eigenvalue weighted by molar-refractivity contribution is -0.120. The van der Waals surface area contributed by atoms with Crippen molar-refractivity contribution in [3.63, 3.8) is 0 Å². The maximum absolute atomic E-state index is 11.8. The molecule has 0 fully saturated rings. The zero-order valence-corrected chi connectivity index (χ0v) is 10.2. The van der Waals surface area contributed by atoms with Gasteiger partial charge >= 0.3 is 0 Å². The van der Waals surface area contributed by atoms with Crippen LogP contribution < -0.4 is 5.32 Å². The van der Waals surface area contributed by atoms with Crippen LogP contribution in [-0.4, -0.2) is 11.0 Å². The van der Waals surface area contributed by atoms with E-state index in [1.54, 1.807) is 25.1 Å². The molecule has 1 unspecified atom stereocenters. The van der Waals surface area contributed by atoms with E-state index in [-0.39, 0.29) is 17.6 Å². The van der Waals surface area contributed by atoms with Crippen molar-refractivity contribution in [2.24, 2.45) is 11.8 Å². The first-order chi connectivity index (χ1) is 7.43. The fourth-order valence-corrected chi connectivity index (χ4v) is 1.31. The summed E-state index contributed by atoms with van der Waals surface area (Å²) in [4.78, 5) is 11.8. The number of hydrogen-bond acceptors (Lipinski definition) is 2. The summed E-state index contributed by atoms with van der Waals surface area (Å²) in [5.41, 5.74) is 1.38. The second-order valence-corrected chi connectivity index (χ2v) is 4.47. The molecular weight excluding hydrogens is 202 g/mol. The largest absolute Gasteiger partial charge is 0.508 e. The van der Waals surface area contributed by atoms with Crippen LogP contribution in [0.3, 0.4) is 0 Å². The third kappa shape index (κ3) is 2.75. The predicted octanol–water partition coefficient (Wildman–Crippen LogP) is 2.93. The van der Waals surface area contributed by atoms with E-state index in [4.69, 9.17) is 0 Å². The molecular formula is C13H19NO2. The number of aromatic hydroxyl groups is 1. The van der Waals surface area contributed by atoms with Crippen molar-refractivity contribution in [1.29, 1.82) is 0 Å². The number of carbonyl (C=O) groups excluding carboxylic acids is 1. The molecule has 0 aliphatic heterocycles. The molecule has 0 radical (unpaired) electrons. The molecule has 3 heteroatoms. The fraction of sp³-hybridized carbons (Fsp3) is 0.462. The summed E-state index contributed by atoms with van der Waals surface area (Å²) in [6.45, 7) is 7.71. The molecule has 1 amide bonds. The molecule has 1 aromatic rings. The summed E-state index contributed by atoms with van der Waals surface area (Å²) in [6, 6.07) is 5.12. The summed E-state index contributed by atoms with van der Waals surface area (Å²) in [6.07, 6.45) is 0. The minimum absolute atomic E-state index is 0.0105. The lowest BCUT2D eigenvalue weighted by Gasteiger charge is -2.16. The molecule has 0 aromatic heterocycles. The van der Waals surface area contributed by atoms with E-state index in [1.165, 1.54) is 0 Å². The molecule has 0 saturated heterocycles. The van der Waals surface area contributed by atoms with Gasteiger partial charge < -0.3 is 10.4 Å². The number of rotatable bonds is 3. The van der Waals surface area contributed by atoms with Gasteiger partial charge in [0.25, 0.3) is 0 Å². The molecule has 3 nitrogen and oxygen atoms in total. The standard InChI is InChI=1S/C13H19NO2/c1-8(2)9(3)13(16)14-11-6-5-7-12(15)10(11)4/h5-9,15H,1-4H3,(H,14,16). The highest BCUT2D eigenvalue weighted by molar-refractivity contribution is 5.93. The molecule has 0 aliphatic rings. The third-order valence-electron chi connectivity index (χ3n) is 2.98. The maximum Gasteiger partial charge on any atom is 0.227 e. The van der Waals surface area contributed by atoms with E-state index in [1.807, 2.05) is 20.8 Å². The van der Waals surface area contributed by atoms with Crippen molar-refractivity contribution >= 4 is 11.6 Å². The van der Waals surface area contributed by atoms with Crippen molar-refractivity contribution in [3.8, 4) is 5.75 Å². The third-order valence-corrected chi connectivity index (χ3v) is 2.98. The number of nitrogens with one attached hydrogen (secondary N) is 1. The number of anilines is 1.